The maximum absolute atomic E-state index is 10.2. The maximum Gasteiger partial charge on any atom is 0.331 e. The van der Waals surface area contributed by atoms with Gasteiger partial charge >= 0.3 is 5.97 Å². The van der Waals surface area contributed by atoms with Gasteiger partial charge in [-0.3, -0.25) is 0 Å². The van der Waals surface area contributed by atoms with Crippen LogP contribution >= 0.6 is 12.6 Å². The second kappa shape index (κ2) is 4.17. The predicted octanol–water partition coefficient (Wildman–Crippen LogP) is 1.85. The summed E-state index contributed by atoms with van der Waals surface area (Å²) in [7, 11) is 0. The number of thiol groups is 1. The molecule has 0 aliphatic rings. The molecule has 3 heteroatoms. The van der Waals surface area contributed by atoms with Gasteiger partial charge in [-0.05, 0) is 18.8 Å². The van der Waals surface area contributed by atoms with Gasteiger partial charge in [0.05, 0.1) is 0 Å². The Kier molecular flexibility index (Phi) is 3.88. The minimum atomic E-state index is -0.897. The van der Waals surface area contributed by atoms with E-state index in [2.05, 4.69) is 12.6 Å². The van der Waals surface area contributed by atoms with Gasteiger partial charge in [-0.1, -0.05) is 12.2 Å². The van der Waals surface area contributed by atoms with Crippen LogP contribution in [0.5, 0.6) is 0 Å². The van der Waals surface area contributed by atoms with Crippen LogP contribution in [0.3, 0.4) is 0 Å². The van der Waals surface area contributed by atoms with E-state index in [4.69, 9.17) is 5.11 Å². The summed E-state index contributed by atoms with van der Waals surface area (Å²) < 4.78 is 0. The van der Waals surface area contributed by atoms with Crippen LogP contribution in [0.2, 0.25) is 0 Å². The minimum Gasteiger partial charge on any atom is -0.478 e. The van der Waals surface area contributed by atoms with Crippen LogP contribution in [0, 0.1) is 0 Å². The molecule has 0 aromatic rings. The monoisotopic (exact) mass is 158 g/mol. The molecule has 0 radical (unpaired) electrons. The summed E-state index contributed by atoms with van der Waals surface area (Å²) in [5, 5.41) is 8.37. The molecule has 0 bridgehead atoms. The molecule has 0 saturated heterocycles. The third-order valence-corrected chi connectivity index (χ3v) is 1.06. The molecular weight excluding hydrogens is 148 g/mol. The van der Waals surface area contributed by atoms with Crippen molar-refractivity contribution in [3.05, 3.63) is 22.6 Å². The molecule has 10 heavy (non-hydrogen) atoms. The average molecular weight is 158 g/mol. The molecule has 0 fully saturated rings. The molecule has 0 amide bonds. The maximum atomic E-state index is 10.2. The largest absolute Gasteiger partial charge is 0.478 e. The molecule has 0 aliphatic carbocycles. The molecule has 0 rings (SSSR count). The van der Waals surface area contributed by atoms with E-state index >= 15 is 0 Å². The molecular formula is C7H10O2S. The topological polar surface area (TPSA) is 37.3 Å². The highest BCUT2D eigenvalue weighted by Crippen LogP contribution is 2.00. The zero-order chi connectivity index (χ0) is 8.15. The van der Waals surface area contributed by atoms with Crippen molar-refractivity contribution in [3.8, 4) is 0 Å². The number of allylic oxidation sites excluding steroid dienone is 3. The van der Waals surface area contributed by atoms with E-state index in [-0.39, 0.29) is 0 Å². The highest BCUT2D eigenvalue weighted by atomic mass is 32.1. The van der Waals surface area contributed by atoms with E-state index in [0.717, 1.165) is 4.91 Å². The Morgan fingerprint density at radius 2 is 1.90 bits per heavy atom. The summed E-state index contributed by atoms with van der Waals surface area (Å²) in [6.45, 7) is 3.32. The Bertz CT molecular complexity index is 188. The minimum absolute atomic E-state index is 0.313. The van der Waals surface area contributed by atoms with Crippen LogP contribution in [-0.4, -0.2) is 11.1 Å². The van der Waals surface area contributed by atoms with Crippen LogP contribution < -0.4 is 0 Å². The average Bonchev–Trinajstić information content (AvgIpc) is 1.82. The molecule has 0 spiro atoms. The number of hydrogen-bond donors (Lipinski definition) is 2. The van der Waals surface area contributed by atoms with Gasteiger partial charge in [0.1, 0.15) is 0 Å². The molecule has 0 atom stereocenters. The standard InChI is InChI=1S/C7H10O2S/c1-5(7(8)9)3-4-6(2)10/h3-4,10H,1-2H3,(H,8,9)/b5-3+,6-4-. The summed E-state index contributed by atoms with van der Waals surface area (Å²) in [4.78, 5) is 11.0. The number of carboxylic acid groups (broad SMARTS) is 1. The van der Waals surface area contributed by atoms with E-state index in [1.165, 1.54) is 13.0 Å². The van der Waals surface area contributed by atoms with Crippen LogP contribution in [-0.2, 0) is 4.79 Å². The normalized spacial score (nSPS) is 13.5. The van der Waals surface area contributed by atoms with Gasteiger partial charge in [-0.2, -0.15) is 0 Å². The van der Waals surface area contributed by atoms with Crippen molar-refractivity contribution in [1.29, 1.82) is 0 Å². The Balaban J connectivity index is 4.19. The summed E-state index contributed by atoms with van der Waals surface area (Å²) in [5.74, 6) is -0.897. The summed E-state index contributed by atoms with van der Waals surface area (Å²) in [5.41, 5.74) is 0.313. The second-order valence-electron chi connectivity index (χ2n) is 1.96. The number of carbonyl (C=O) groups is 1. The Hall–Kier alpha value is -0.700. The third-order valence-electron chi connectivity index (χ3n) is 0.912. The number of hydrogen-bond acceptors (Lipinski definition) is 2. The van der Waals surface area contributed by atoms with Gasteiger partial charge in [0.2, 0.25) is 0 Å². The fourth-order valence-electron chi connectivity index (χ4n) is 0.317. The summed E-state index contributed by atoms with van der Waals surface area (Å²) in [6, 6.07) is 0. The SMILES string of the molecule is C/C(S)=C/C=C(\C)C(=O)O. The first-order valence-electron chi connectivity index (χ1n) is 2.81. The second-order valence-corrected chi connectivity index (χ2v) is 2.67. The number of rotatable bonds is 2. The van der Waals surface area contributed by atoms with Crippen LogP contribution in [0.15, 0.2) is 22.6 Å². The van der Waals surface area contributed by atoms with Gasteiger partial charge < -0.3 is 5.11 Å². The van der Waals surface area contributed by atoms with Crippen LogP contribution in [0.25, 0.3) is 0 Å². The lowest BCUT2D eigenvalue weighted by molar-refractivity contribution is -0.132. The Morgan fingerprint density at radius 3 is 2.20 bits per heavy atom. The van der Waals surface area contributed by atoms with E-state index in [1.54, 1.807) is 13.0 Å². The zero-order valence-electron chi connectivity index (χ0n) is 5.96. The van der Waals surface area contributed by atoms with Crippen molar-refractivity contribution in [2.75, 3.05) is 0 Å². The Labute approximate surface area is 65.7 Å². The molecule has 0 aromatic carbocycles. The van der Waals surface area contributed by atoms with Gasteiger partial charge in [-0.25, -0.2) is 4.79 Å². The zero-order valence-corrected chi connectivity index (χ0v) is 6.85. The molecule has 0 heterocycles. The lowest BCUT2D eigenvalue weighted by Gasteiger charge is -1.88. The lowest BCUT2D eigenvalue weighted by Crippen LogP contribution is -1.94. The van der Waals surface area contributed by atoms with E-state index in [0.29, 0.717) is 5.57 Å². The van der Waals surface area contributed by atoms with Crippen molar-refractivity contribution in [3.63, 3.8) is 0 Å². The van der Waals surface area contributed by atoms with E-state index in [1.807, 2.05) is 0 Å². The van der Waals surface area contributed by atoms with Crippen molar-refractivity contribution in [2.45, 2.75) is 13.8 Å². The van der Waals surface area contributed by atoms with Crippen molar-refractivity contribution in [2.24, 2.45) is 0 Å². The van der Waals surface area contributed by atoms with Crippen molar-refractivity contribution in [1.82, 2.24) is 0 Å². The Morgan fingerprint density at radius 1 is 1.40 bits per heavy atom. The van der Waals surface area contributed by atoms with Gasteiger partial charge in [0.25, 0.3) is 0 Å². The van der Waals surface area contributed by atoms with Crippen LogP contribution in [0.1, 0.15) is 13.8 Å². The van der Waals surface area contributed by atoms with Gasteiger partial charge in [0, 0.05) is 5.57 Å². The fourth-order valence-corrected chi connectivity index (χ4v) is 0.391. The molecule has 2 nitrogen and oxygen atoms in total. The van der Waals surface area contributed by atoms with Gasteiger partial charge in [-0.15, -0.1) is 12.6 Å². The molecule has 0 aliphatic heterocycles. The molecule has 0 aromatic heterocycles. The van der Waals surface area contributed by atoms with Crippen molar-refractivity contribution >= 4 is 18.6 Å². The predicted molar refractivity (Wildman–Crippen MR) is 44.1 cm³/mol. The quantitative estimate of drug-likeness (QED) is 0.365. The van der Waals surface area contributed by atoms with E-state index in [9.17, 15) is 4.79 Å². The molecule has 1 N–H and O–H groups in total. The molecule has 0 saturated carbocycles. The highest BCUT2D eigenvalue weighted by molar-refractivity contribution is 7.84. The molecule has 0 unspecified atom stereocenters. The highest BCUT2D eigenvalue weighted by Gasteiger charge is 1.95. The third kappa shape index (κ3) is 4.21. The molecule has 56 valence electrons. The smallest absolute Gasteiger partial charge is 0.331 e. The first kappa shape index (κ1) is 9.30. The van der Waals surface area contributed by atoms with Gasteiger partial charge in [0.15, 0.2) is 0 Å². The first-order valence-corrected chi connectivity index (χ1v) is 3.26. The fraction of sp³-hybridized carbons (Fsp3) is 0.286. The van der Waals surface area contributed by atoms with Crippen molar-refractivity contribution < 1.29 is 9.90 Å². The number of carboxylic acids is 1. The summed E-state index contributed by atoms with van der Waals surface area (Å²) >= 11 is 3.96. The number of aliphatic carboxylic acids is 1. The van der Waals surface area contributed by atoms with E-state index < -0.39 is 5.97 Å². The summed E-state index contributed by atoms with van der Waals surface area (Å²) in [6.07, 6.45) is 3.16. The lowest BCUT2D eigenvalue weighted by atomic mass is 10.3. The first-order chi connectivity index (χ1) is 4.54. The van der Waals surface area contributed by atoms with Crippen LogP contribution in [0.4, 0.5) is 0 Å².